The Morgan fingerprint density at radius 3 is 3.00 bits per heavy atom. The van der Waals surface area contributed by atoms with Gasteiger partial charge in [-0.05, 0) is 25.0 Å². The Morgan fingerprint density at radius 1 is 1.35 bits per heavy atom. The number of nitrogens with zero attached hydrogens (tertiary/aromatic N) is 4. The molecule has 1 amide bonds. The number of rotatable bonds is 2. The van der Waals surface area contributed by atoms with Crippen molar-refractivity contribution < 1.29 is 4.79 Å². The van der Waals surface area contributed by atoms with Gasteiger partial charge in [-0.25, -0.2) is 4.98 Å². The molecular formula is C17H19N5O. The Balaban J connectivity index is 1.55. The molecule has 6 nitrogen and oxygen atoms in total. The first-order valence-electron chi connectivity index (χ1n) is 7.93. The Hall–Kier alpha value is -2.63. The van der Waals surface area contributed by atoms with E-state index < -0.39 is 0 Å². The zero-order chi connectivity index (χ0) is 15.8. The summed E-state index contributed by atoms with van der Waals surface area (Å²) in [6, 6.07) is 8.04. The molecule has 1 saturated heterocycles. The predicted molar refractivity (Wildman–Crippen MR) is 87.2 cm³/mol. The lowest BCUT2D eigenvalue weighted by Gasteiger charge is -2.31. The number of aromatic nitrogens is 4. The number of piperidine rings is 1. The van der Waals surface area contributed by atoms with Gasteiger partial charge in [0.1, 0.15) is 5.82 Å². The third kappa shape index (κ3) is 2.60. The number of para-hydroxylation sites is 2. The van der Waals surface area contributed by atoms with E-state index in [0.717, 1.165) is 36.2 Å². The van der Waals surface area contributed by atoms with Crippen LogP contribution in [0.5, 0.6) is 0 Å². The first-order valence-corrected chi connectivity index (χ1v) is 7.93. The Labute approximate surface area is 134 Å². The maximum Gasteiger partial charge on any atom is 0.257 e. The fraction of sp³-hybridized carbons (Fsp3) is 0.353. The highest BCUT2D eigenvalue weighted by molar-refractivity contribution is 5.93. The highest BCUT2D eigenvalue weighted by atomic mass is 16.2. The Morgan fingerprint density at radius 2 is 2.22 bits per heavy atom. The summed E-state index contributed by atoms with van der Waals surface area (Å²) in [5.74, 6) is 1.30. The van der Waals surface area contributed by atoms with Gasteiger partial charge in [0.15, 0.2) is 0 Å². The van der Waals surface area contributed by atoms with Crippen molar-refractivity contribution >= 4 is 16.9 Å². The molecule has 0 aliphatic carbocycles. The minimum absolute atomic E-state index is 0.0545. The molecule has 1 atom stereocenters. The van der Waals surface area contributed by atoms with E-state index in [4.69, 9.17) is 4.98 Å². The van der Waals surface area contributed by atoms with Crippen LogP contribution < -0.4 is 0 Å². The van der Waals surface area contributed by atoms with Crippen LogP contribution in [0.4, 0.5) is 0 Å². The maximum absolute atomic E-state index is 12.6. The number of fused-ring (bicyclic) bond motifs is 1. The van der Waals surface area contributed by atoms with Crippen molar-refractivity contribution in [3.8, 4) is 0 Å². The molecule has 0 bridgehead atoms. The van der Waals surface area contributed by atoms with Crippen molar-refractivity contribution in [3.63, 3.8) is 0 Å². The third-order valence-corrected chi connectivity index (χ3v) is 4.45. The van der Waals surface area contributed by atoms with Gasteiger partial charge in [-0.3, -0.25) is 9.48 Å². The highest BCUT2D eigenvalue weighted by Gasteiger charge is 2.27. The van der Waals surface area contributed by atoms with Crippen LogP contribution in [0, 0.1) is 0 Å². The summed E-state index contributed by atoms with van der Waals surface area (Å²) in [6.45, 7) is 1.50. The lowest BCUT2D eigenvalue weighted by Crippen LogP contribution is -2.39. The van der Waals surface area contributed by atoms with E-state index in [0.29, 0.717) is 12.1 Å². The summed E-state index contributed by atoms with van der Waals surface area (Å²) >= 11 is 0. The second kappa shape index (κ2) is 5.53. The first kappa shape index (κ1) is 14.0. The van der Waals surface area contributed by atoms with E-state index >= 15 is 0 Å². The van der Waals surface area contributed by atoms with E-state index in [1.807, 2.05) is 36.2 Å². The standard InChI is InChI=1S/C17H19N5O/c1-21-10-13(9-18-21)17(23)22-8-4-5-12(11-22)16-19-14-6-2-3-7-15(14)20-16/h2-3,6-7,9-10,12H,4-5,8,11H2,1H3,(H,19,20)/t12-/m1/s1. The molecule has 6 heteroatoms. The highest BCUT2D eigenvalue weighted by Crippen LogP contribution is 2.27. The van der Waals surface area contributed by atoms with Crippen LogP contribution in [-0.4, -0.2) is 43.6 Å². The predicted octanol–water partition coefficient (Wildman–Crippen LogP) is 2.32. The van der Waals surface area contributed by atoms with E-state index in [9.17, 15) is 4.79 Å². The topological polar surface area (TPSA) is 66.8 Å². The number of imidazole rings is 1. The molecule has 3 aromatic rings. The quantitative estimate of drug-likeness (QED) is 0.790. The average Bonchev–Trinajstić information content (AvgIpc) is 3.20. The summed E-state index contributed by atoms with van der Waals surface area (Å²) in [5.41, 5.74) is 2.69. The molecule has 0 saturated carbocycles. The number of hydrogen-bond donors (Lipinski definition) is 1. The molecule has 1 aliphatic rings. The fourth-order valence-electron chi connectivity index (χ4n) is 3.26. The summed E-state index contributed by atoms with van der Waals surface area (Å²) in [4.78, 5) is 22.6. The number of H-pyrrole nitrogens is 1. The largest absolute Gasteiger partial charge is 0.342 e. The molecule has 0 unspecified atom stereocenters. The molecule has 2 aromatic heterocycles. The van der Waals surface area contributed by atoms with Crippen molar-refractivity contribution in [1.29, 1.82) is 0 Å². The van der Waals surface area contributed by atoms with Crippen LogP contribution in [0.3, 0.4) is 0 Å². The van der Waals surface area contributed by atoms with E-state index in [1.165, 1.54) is 0 Å². The third-order valence-electron chi connectivity index (χ3n) is 4.45. The van der Waals surface area contributed by atoms with Crippen molar-refractivity contribution in [2.24, 2.45) is 7.05 Å². The number of nitrogens with one attached hydrogen (secondary N) is 1. The van der Waals surface area contributed by atoms with Crippen LogP contribution in [0.15, 0.2) is 36.7 Å². The smallest absolute Gasteiger partial charge is 0.257 e. The zero-order valence-electron chi connectivity index (χ0n) is 13.1. The Bertz CT molecular complexity index is 816. The van der Waals surface area contributed by atoms with E-state index in [-0.39, 0.29) is 11.8 Å². The van der Waals surface area contributed by atoms with Crippen LogP contribution in [0.1, 0.15) is 34.9 Å². The van der Waals surface area contributed by atoms with Gasteiger partial charge in [0, 0.05) is 32.3 Å². The van der Waals surface area contributed by atoms with Gasteiger partial charge < -0.3 is 9.88 Å². The van der Waals surface area contributed by atoms with Crippen LogP contribution in [0.25, 0.3) is 11.0 Å². The maximum atomic E-state index is 12.6. The van der Waals surface area contributed by atoms with Crippen LogP contribution in [0.2, 0.25) is 0 Å². The van der Waals surface area contributed by atoms with E-state index in [1.54, 1.807) is 17.1 Å². The minimum Gasteiger partial charge on any atom is -0.342 e. The molecule has 1 N–H and O–H groups in total. The summed E-state index contributed by atoms with van der Waals surface area (Å²) in [6.07, 6.45) is 5.45. The molecule has 1 aromatic carbocycles. The zero-order valence-corrected chi connectivity index (χ0v) is 13.1. The summed E-state index contributed by atoms with van der Waals surface area (Å²) in [5, 5.41) is 4.09. The van der Waals surface area contributed by atoms with Crippen LogP contribution in [-0.2, 0) is 7.05 Å². The van der Waals surface area contributed by atoms with Crippen molar-refractivity contribution in [1.82, 2.24) is 24.6 Å². The number of aromatic amines is 1. The number of amides is 1. The number of likely N-dealkylation sites (tertiary alicyclic amines) is 1. The number of hydrogen-bond acceptors (Lipinski definition) is 3. The fourth-order valence-corrected chi connectivity index (χ4v) is 3.26. The molecule has 1 aliphatic heterocycles. The van der Waals surface area contributed by atoms with Crippen molar-refractivity contribution in [3.05, 3.63) is 48.0 Å². The second-order valence-corrected chi connectivity index (χ2v) is 6.13. The molecule has 3 heterocycles. The number of benzene rings is 1. The first-order chi connectivity index (χ1) is 11.2. The van der Waals surface area contributed by atoms with Gasteiger partial charge in [0.25, 0.3) is 5.91 Å². The molecule has 0 spiro atoms. The van der Waals surface area contributed by atoms with E-state index in [2.05, 4.69) is 10.1 Å². The SMILES string of the molecule is Cn1cc(C(=O)N2CCC[C@@H](c3nc4ccccc4[nH]3)C2)cn1. The number of aryl methyl sites for hydroxylation is 1. The molecule has 118 valence electrons. The summed E-state index contributed by atoms with van der Waals surface area (Å²) in [7, 11) is 1.82. The lowest BCUT2D eigenvalue weighted by atomic mass is 9.97. The molecule has 1 fully saturated rings. The normalized spacial score (nSPS) is 18.5. The molecule has 23 heavy (non-hydrogen) atoms. The molecule has 0 radical (unpaired) electrons. The second-order valence-electron chi connectivity index (χ2n) is 6.13. The van der Waals surface area contributed by atoms with Crippen molar-refractivity contribution in [2.45, 2.75) is 18.8 Å². The van der Waals surface area contributed by atoms with Crippen LogP contribution >= 0.6 is 0 Å². The van der Waals surface area contributed by atoms with Gasteiger partial charge in [-0.2, -0.15) is 5.10 Å². The number of carbonyl (C=O) groups excluding carboxylic acids is 1. The van der Waals surface area contributed by atoms with Gasteiger partial charge in [-0.1, -0.05) is 12.1 Å². The number of carbonyl (C=O) groups is 1. The van der Waals surface area contributed by atoms with Gasteiger partial charge >= 0.3 is 0 Å². The van der Waals surface area contributed by atoms with Gasteiger partial charge in [-0.15, -0.1) is 0 Å². The van der Waals surface area contributed by atoms with Crippen molar-refractivity contribution in [2.75, 3.05) is 13.1 Å². The van der Waals surface area contributed by atoms with Gasteiger partial charge in [0.05, 0.1) is 22.8 Å². The lowest BCUT2D eigenvalue weighted by molar-refractivity contribution is 0.0705. The Kier molecular flexibility index (Phi) is 3.37. The summed E-state index contributed by atoms with van der Waals surface area (Å²) < 4.78 is 1.66. The molecule has 4 rings (SSSR count). The van der Waals surface area contributed by atoms with Gasteiger partial charge in [0.2, 0.25) is 0 Å². The molecular weight excluding hydrogens is 290 g/mol. The monoisotopic (exact) mass is 309 g/mol. The average molecular weight is 309 g/mol. The minimum atomic E-state index is 0.0545.